The molecule has 0 aromatic heterocycles. The van der Waals surface area contributed by atoms with E-state index in [9.17, 15) is 5.11 Å². The Bertz CT molecular complexity index is 400. The predicted molar refractivity (Wildman–Crippen MR) is 95.3 cm³/mol. The molecule has 1 nitrogen and oxygen atoms in total. The van der Waals surface area contributed by atoms with Crippen molar-refractivity contribution in [2.75, 3.05) is 0 Å². The van der Waals surface area contributed by atoms with Crippen molar-refractivity contribution in [1.29, 1.82) is 0 Å². The fraction of sp³-hybridized carbons (Fsp3) is 0.714. The minimum Gasteiger partial charge on any atom is -0.508 e. The highest BCUT2D eigenvalue weighted by atomic mass is 16.3. The highest BCUT2D eigenvalue weighted by Gasteiger charge is 2.30. The van der Waals surface area contributed by atoms with E-state index in [4.69, 9.17) is 0 Å². The second-order valence-corrected chi connectivity index (χ2v) is 7.39. The van der Waals surface area contributed by atoms with Crippen LogP contribution in [0.5, 0.6) is 5.75 Å². The first-order valence-electron chi connectivity index (χ1n) is 9.52. The lowest BCUT2D eigenvalue weighted by Crippen LogP contribution is -2.24. The Kier molecular flexibility index (Phi) is 7.29. The second-order valence-electron chi connectivity index (χ2n) is 7.39. The van der Waals surface area contributed by atoms with E-state index in [0.29, 0.717) is 11.2 Å². The van der Waals surface area contributed by atoms with Crippen LogP contribution in [0.4, 0.5) is 0 Å². The van der Waals surface area contributed by atoms with E-state index < -0.39 is 0 Å². The van der Waals surface area contributed by atoms with Crippen LogP contribution in [0.15, 0.2) is 24.3 Å². The summed E-state index contributed by atoms with van der Waals surface area (Å²) in [6, 6.07) is 7.74. The Balaban J connectivity index is 1.74. The molecule has 0 spiro atoms. The number of benzene rings is 1. The van der Waals surface area contributed by atoms with Gasteiger partial charge in [-0.3, -0.25) is 0 Å². The van der Waals surface area contributed by atoms with E-state index >= 15 is 0 Å². The van der Waals surface area contributed by atoms with Crippen LogP contribution >= 0.6 is 0 Å². The number of hydrogen-bond acceptors (Lipinski definition) is 1. The van der Waals surface area contributed by atoms with Crippen molar-refractivity contribution in [3.8, 4) is 5.75 Å². The fourth-order valence-corrected chi connectivity index (χ4v) is 4.17. The summed E-state index contributed by atoms with van der Waals surface area (Å²) >= 11 is 0. The lowest BCUT2D eigenvalue weighted by molar-refractivity contribution is 0.147. The van der Waals surface area contributed by atoms with Crippen LogP contribution in [0.25, 0.3) is 0 Å². The molecule has 22 heavy (non-hydrogen) atoms. The molecule has 1 aliphatic rings. The number of phenols is 1. The summed E-state index contributed by atoms with van der Waals surface area (Å²) in [5, 5.41) is 9.34. The molecular formula is C21H34O. The van der Waals surface area contributed by atoms with Gasteiger partial charge in [-0.2, -0.15) is 0 Å². The van der Waals surface area contributed by atoms with Gasteiger partial charge in [-0.15, -0.1) is 0 Å². The molecule has 1 aromatic carbocycles. The van der Waals surface area contributed by atoms with Crippen molar-refractivity contribution < 1.29 is 5.11 Å². The molecule has 0 amide bonds. The largest absolute Gasteiger partial charge is 0.508 e. The van der Waals surface area contributed by atoms with Crippen LogP contribution in [0.1, 0.15) is 89.5 Å². The zero-order valence-electron chi connectivity index (χ0n) is 14.4. The molecule has 0 heterocycles. The molecule has 1 aromatic rings. The van der Waals surface area contributed by atoms with Crippen molar-refractivity contribution in [3.63, 3.8) is 0 Å². The average molecular weight is 303 g/mol. The molecule has 0 unspecified atom stereocenters. The summed E-state index contributed by atoms with van der Waals surface area (Å²) < 4.78 is 0. The maximum Gasteiger partial charge on any atom is 0.115 e. The SMILES string of the molecule is CCCCCC1(CCCCc2ccc(O)cc2)CCCCC1. The van der Waals surface area contributed by atoms with Crippen molar-refractivity contribution in [2.24, 2.45) is 5.41 Å². The summed E-state index contributed by atoms with van der Waals surface area (Å²) in [5.74, 6) is 0.376. The number of hydrogen-bond donors (Lipinski definition) is 1. The smallest absolute Gasteiger partial charge is 0.115 e. The third-order valence-electron chi connectivity index (χ3n) is 5.58. The van der Waals surface area contributed by atoms with Gasteiger partial charge in [-0.1, -0.05) is 64.0 Å². The molecule has 1 N–H and O–H groups in total. The van der Waals surface area contributed by atoms with Gasteiger partial charge in [0.2, 0.25) is 0 Å². The van der Waals surface area contributed by atoms with Crippen molar-refractivity contribution in [1.82, 2.24) is 0 Å². The Labute approximate surface area is 137 Å². The highest BCUT2D eigenvalue weighted by molar-refractivity contribution is 5.25. The number of phenolic OH excluding ortho intramolecular Hbond substituents is 1. The first-order chi connectivity index (χ1) is 10.7. The van der Waals surface area contributed by atoms with E-state index in [1.54, 1.807) is 0 Å². The minimum absolute atomic E-state index is 0.376. The zero-order chi connectivity index (χ0) is 15.7. The molecule has 1 heteroatoms. The van der Waals surface area contributed by atoms with Crippen molar-refractivity contribution in [3.05, 3.63) is 29.8 Å². The molecular weight excluding hydrogens is 268 g/mol. The first-order valence-corrected chi connectivity index (χ1v) is 9.52. The Hall–Kier alpha value is -0.980. The van der Waals surface area contributed by atoms with Crippen LogP contribution in [0, 0.1) is 5.41 Å². The maximum atomic E-state index is 9.34. The summed E-state index contributed by atoms with van der Waals surface area (Å²) in [6.07, 6.45) is 18.3. The van der Waals surface area contributed by atoms with Crippen LogP contribution in [0.2, 0.25) is 0 Å². The molecule has 0 radical (unpaired) electrons. The Morgan fingerprint density at radius 2 is 1.50 bits per heavy atom. The Morgan fingerprint density at radius 1 is 0.864 bits per heavy atom. The van der Waals surface area contributed by atoms with Gasteiger partial charge in [-0.25, -0.2) is 0 Å². The topological polar surface area (TPSA) is 20.2 Å². The molecule has 1 aliphatic carbocycles. The molecule has 1 saturated carbocycles. The summed E-state index contributed by atoms with van der Waals surface area (Å²) in [4.78, 5) is 0. The van der Waals surface area contributed by atoms with Gasteiger partial charge in [0.05, 0.1) is 0 Å². The van der Waals surface area contributed by atoms with E-state index in [0.717, 1.165) is 6.42 Å². The summed E-state index contributed by atoms with van der Waals surface area (Å²) in [7, 11) is 0. The molecule has 1 fully saturated rings. The van der Waals surface area contributed by atoms with Gasteiger partial charge >= 0.3 is 0 Å². The van der Waals surface area contributed by atoms with Gasteiger partial charge in [0.1, 0.15) is 5.75 Å². The molecule has 0 bridgehead atoms. The highest BCUT2D eigenvalue weighted by Crippen LogP contribution is 2.44. The third kappa shape index (κ3) is 5.66. The molecule has 2 rings (SSSR count). The molecule has 0 aliphatic heterocycles. The van der Waals surface area contributed by atoms with Gasteiger partial charge in [0.25, 0.3) is 0 Å². The Morgan fingerprint density at radius 3 is 2.14 bits per heavy atom. The van der Waals surface area contributed by atoms with Gasteiger partial charge in [0.15, 0.2) is 0 Å². The number of rotatable bonds is 9. The summed E-state index contributed by atoms with van der Waals surface area (Å²) in [6.45, 7) is 2.31. The number of aryl methyl sites for hydroxylation is 1. The molecule has 0 saturated heterocycles. The van der Waals surface area contributed by atoms with Crippen LogP contribution < -0.4 is 0 Å². The lowest BCUT2D eigenvalue weighted by Gasteiger charge is -2.38. The maximum absolute atomic E-state index is 9.34. The predicted octanol–water partition coefficient (Wildman–Crippen LogP) is 6.64. The van der Waals surface area contributed by atoms with Gasteiger partial charge in [-0.05, 0) is 61.6 Å². The summed E-state index contributed by atoms with van der Waals surface area (Å²) in [5.41, 5.74) is 2.05. The monoisotopic (exact) mass is 302 g/mol. The number of unbranched alkanes of at least 4 members (excludes halogenated alkanes) is 3. The number of aromatic hydroxyl groups is 1. The fourth-order valence-electron chi connectivity index (χ4n) is 4.17. The van der Waals surface area contributed by atoms with E-state index in [1.165, 1.54) is 82.6 Å². The normalized spacial score (nSPS) is 17.5. The van der Waals surface area contributed by atoms with Crippen LogP contribution in [0.3, 0.4) is 0 Å². The van der Waals surface area contributed by atoms with Crippen molar-refractivity contribution in [2.45, 2.75) is 90.4 Å². The van der Waals surface area contributed by atoms with Crippen molar-refractivity contribution >= 4 is 0 Å². The van der Waals surface area contributed by atoms with Crippen LogP contribution in [-0.2, 0) is 6.42 Å². The lowest BCUT2D eigenvalue weighted by atomic mass is 9.68. The molecule has 0 atom stereocenters. The second kappa shape index (κ2) is 9.22. The average Bonchev–Trinajstić information content (AvgIpc) is 2.55. The quantitative estimate of drug-likeness (QED) is 0.507. The van der Waals surface area contributed by atoms with E-state index in [-0.39, 0.29) is 0 Å². The van der Waals surface area contributed by atoms with E-state index in [2.05, 4.69) is 19.1 Å². The van der Waals surface area contributed by atoms with Crippen LogP contribution in [-0.4, -0.2) is 5.11 Å². The van der Waals surface area contributed by atoms with Gasteiger partial charge < -0.3 is 5.11 Å². The first kappa shape index (κ1) is 17.4. The standard InChI is InChI=1S/C21H34O/c1-2-3-6-15-21(16-7-4-8-17-21)18-9-5-10-19-11-13-20(22)14-12-19/h11-14,22H,2-10,15-18H2,1H3. The zero-order valence-corrected chi connectivity index (χ0v) is 14.4. The minimum atomic E-state index is 0.376. The third-order valence-corrected chi connectivity index (χ3v) is 5.58. The molecule has 124 valence electrons. The van der Waals surface area contributed by atoms with E-state index in [1.807, 2.05) is 12.1 Å². The van der Waals surface area contributed by atoms with Gasteiger partial charge in [0, 0.05) is 0 Å².